The Kier molecular flexibility index (Phi) is 3.44. The molecule has 0 radical (unpaired) electrons. The van der Waals surface area contributed by atoms with Crippen LogP contribution in [0.25, 0.3) is 0 Å². The molecule has 2 rings (SSSR count). The van der Waals surface area contributed by atoms with Crippen LogP contribution in [0, 0.1) is 0 Å². The highest BCUT2D eigenvalue weighted by atomic mass is 35.5. The van der Waals surface area contributed by atoms with E-state index in [0.717, 1.165) is 5.01 Å². The molecule has 0 saturated carbocycles. The molecule has 0 spiro atoms. The third-order valence-corrected chi connectivity index (χ3v) is 3.21. The molecule has 1 amide bonds. The lowest BCUT2D eigenvalue weighted by molar-refractivity contribution is -0.153. The van der Waals surface area contributed by atoms with Crippen LogP contribution in [-0.4, -0.2) is 18.1 Å². The highest BCUT2D eigenvalue weighted by molar-refractivity contribution is 6.42. The second-order valence-electron chi connectivity index (χ2n) is 3.75. The molecule has 1 aliphatic heterocycles. The van der Waals surface area contributed by atoms with E-state index in [1.165, 1.54) is 18.2 Å². The first-order chi connectivity index (χ1) is 8.29. The van der Waals surface area contributed by atoms with Crippen molar-refractivity contribution in [1.82, 2.24) is 5.43 Å². The molecule has 1 atom stereocenters. The molecule has 0 aromatic heterocycles. The Labute approximate surface area is 110 Å². The summed E-state index contributed by atoms with van der Waals surface area (Å²) in [6, 6.07) is 2.28. The number of alkyl halides is 3. The number of carbonyl (C=O) groups excluding carboxylic acids is 1. The summed E-state index contributed by atoms with van der Waals surface area (Å²) in [5.41, 5.74) is 2.32. The van der Waals surface area contributed by atoms with Gasteiger partial charge in [-0.25, -0.2) is 10.4 Å². The van der Waals surface area contributed by atoms with Gasteiger partial charge in [0.05, 0.1) is 22.2 Å². The Balaban J connectivity index is 2.24. The van der Waals surface area contributed by atoms with Gasteiger partial charge in [0.15, 0.2) is 0 Å². The molecule has 1 saturated heterocycles. The van der Waals surface area contributed by atoms with E-state index in [4.69, 9.17) is 23.2 Å². The van der Waals surface area contributed by atoms with Gasteiger partial charge in [-0.05, 0) is 18.2 Å². The topological polar surface area (TPSA) is 32.3 Å². The van der Waals surface area contributed by atoms with Crippen molar-refractivity contribution in [3.63, 3.8) is 0 Å². The van der Waals surface area contributed by atoms with Crippen LogP contribution in [0.15, 0.2) is 18.2 Å². The van der Waals surface area contributed by atoms with Gasteiger partial charge in [-0.3, -0.25) is 4.79 Å². The van der Waals surface area contributed by atoms with Crippen LogP contribution in [0.4, 0.5) is 18.9 Å². The van der Waals surface area contributed by atoms with Gasteiger partial charge in [-0.1, -0.05) is 23.2 Å². The summed E-state index contributed by atoms with van der Waals surface area (Å²) < 4.78 is 37.4. The first-order valence-corrected chi connectivity index (χ1v) is 5.65. The minimum absolute atomic E-state index is 0.166. The fourth-order valence-electron chi connectivity index (χ4n) is 1.57. The molecule has 1 heterocycles. The predicted molar refractivity (Wildman–Crippen MR) is 61.5 cm³/mol. The second-order valence-corrected chi connectivity index (χ2v) is 4.57. The van der Waals surface area contributed by atoms with Gasteiger partial charge >= 0.3 is 6.18 Å². The molecule has 8 heteroatoms. The quantitative estimate of drug-likeness (QED) is 0.864. The van der Waals surface area contributed by atoms with Crippen LogP contribution < -0.4 is 10.4 Å². The van der Waals surface area contributed by atoms with E-state index < -0.39 is 24.5 Å². The molecule has 0 aliphatic carbocycles. The molecular weight excluding hydrogens is 292 g/mol. The lowest BCUT2D eigenvalue weighted by atomic mass is 10.2. The summed E-state index contributed by atoms with van der Waals surface area (Å²) in [5, 5.41) is 1.26. The number of nitrogens with one attached hydrogen (secondary N) is 1. The Hall–Kier alpha value is -0.980. The minimum atomic E-state index is -4.47. The van der Waals surface area contributed by atoms with Crippen molar-refractivity contribution in [3.05, 3.63) is 28.2 Å². The number of hydrogen-bond donors (Lipinski definition) is 1. The van der Waals surface area contributed by atoms with Crippen LogP contribution in [-0.2, 0) is 4.79 Å². The number of anilines is 1. The fraction of sp³-hybridized carbons (Fsp3) is 0.300. The van der Waals surface area contributed by atoms with E-state index in [1.807, 2.05) is 0 Å². The summed E-state index contributed by atoms with van der Waals surface area (Å²) >= 11 is 11.4. The summed E-state index contributed by atoms with van der Waals surface area (Å²) in [5.74, 6) is -0.671. The van der Waals surface area contributed by atoms with Crippen molar-refractivity contribution in [2.24, 2.45) is 0 Å². The average molecular weight is 299 g/mol. The van der Waals surface area contributed by atoms with Gasteiger partial charge in [-0.15, -0.1) is 0 Å². The van der Waals surface area contributed by atoms with Crippen LogP contribution in [0.1, 0.15) is 6.42 Å². The lowest BCUT2D eigenvalue weighted by Gasteiger charge is -2.19. The van der Waals surface area contributed by atoms with E-state index in [0.29, 0.717) is 0 Å². The molecule has 1 aromatic carbocycles. The SMILES string of the molecule is O=C1CC(C(F)(F)F)NN1c1ccc(Cl)c(Cl)c1. The summed E-state index contributed by atoms with van der Waals surface area (Å²) in [6.07, 6.45) is -5.11. The normalized spacial score (nSPS) is 20.6. The number of amides is 1. The third kappa shape index (κ3) is 2.55. The Morgan fingerprint density at radius 2 is 1.94 bits per heavy atom. The summed E-state index contributed by atoms with van der Waals surface area (Å²) in [7, 11) is 0. The van der Waals surface area contributed by atoms with Gasteiger partial charge in [0.25, 0.3) is 0 Å². The number of hydrazine groups is 1. The van der Waals surface area contributed by atoms with Crippen LogP contribution in [0.5, 0.6) is 0 Å². The van der Waals surface area contributed by atoms with Crippen molar-refractivity contribution in [3.8, 4) is 0 Å². The molecule has 3 nitrogen and oxygen atoms in total. The zero-order valence-corrected chi connectivity index (χ0v) is 10.3. The van der Waals surface area contributed by atoms with E-state index in [-0.39, 0.29) is 15.7 Å². The highest BCUT2D eigenvalue weighted by Crippen LogP contribution is 2.32. The number of halogens is 5. The number of benzene rings is 1. The summed E-state index contributed by atoms with van der Waals surface area (Å²) in [4.78, 5) is 11.5. The number of rotatable bonds is 1. The van der Waals surface area contributed by atoms with Gasteiger partial charge in [-0.2, -0.15) is 13.2 Å². The Bertz CT molecular complexity index is 493. The molecule has 1 unspecified atom stereocenters. The van der Waals surface area contributed by atoms with Crippen LogP contribution in [0.3, 0.4) is 0 Å². The molecular formula is C10H7Cl2F3N2O. The molecule has 1 N–H and O–H groups in total. The Morgan fingerprint density at radius 1 is 1.28 bits per heavy atom. The number of hydrogen-bond acceptors (Lipinski definition) is 2. The third-order valence-electron chi connectivity index (χ3n) is 2.47. The zero-order chi connectivity index (χ0) is 13.5. The van der Waals surface area contributed by atoms with Crippen molar-refractivity contribution < 1.29 is 18.0 Å². The maximum absolute atomic E-state index is 12.5. The second kappa shape index (κ2) is 4.60. The van der Waals surface area contributed by atoms with Crippen molar-refractivity contribution in [2.45, 2.75) is 18.6 Å². The van der Waals surface area contributed by atoms with E-state index in [9.17, 15) is 18.0 Å². The van der Waals surface area contributed by atoms with Gasteiger partial charge in [0.1, 0.15) is 6.04 Å². The van der Waals surface area contributed by atoms with Crippen molar-refractivity contribution >= 4 is 34.8 Å². The molecule has 1 aromatic rings. The smallest absolute Gasteiger partial charge is 0.273 e. The van der Waals surface area contributed by atoms with E-state index in [1.54, 1.807) is 0 Å². The van der Waals surface area contributed by atoms with Crippen molar-refractivity contribution in [2.75, 3.05) is 5.01 Å². The predicted octanol–water partition coefficient (Wildman–Crippen LogP) is 3.17. The first kappa shape index (κ1) is 13.5. The van der Waals surface area contributed by atoms with Gasteiger partial charge in [0.2, 0.25) is 5.91 Å². The number of nitrogens with zero attached hydrogens (tertiary/aromatic N) is 1. The lowest BCUT2D eigenvalue weighted by Crippen LogP contribution is -2.44. The fourth-order valence-corrected chi connectivity index (χ4v) is 1.86. The highest BCUT2D eigenvalue weighted by Gasteiger charge is 2.47. The van der Waals surface area contributed by atoms with Gasteiger partial charge < -0.3 is 0 Å². The average Bonchev–Trinajstić information content (AvgIpc) is 2.64. The van der Waals surface area contributed by atoms with Crippen molar-refractivity contribution in [1.29, 1.82) is 0 Å². The van der Waals surface area contributed by atoms with Gasteiger partial charge in [0, 0.05) is 0 Å². The first-order valence-electron chi connectivity index (χ1n) is 4.90. The molecule has 1 aliphatic rings. The monoisotopic (exact) mass is 298 g/mol. The maximum atomic E-state index is 12.5. The molecule has 1 fully saturated rings. The zero-order valence-electron chi connectivity index (χ0n) is 8.76. The molecule has 98 valence electrons. The minimum Gasteiger partial charge on any atom is -0.273 e. The largest absolute Gasteiger partial charge is 0.406 e. The van der Waals surface area contributed by atoms with E-state index >= 15 is 0 Å². The summed E-state index contributed by atoms with van der Waals surface area (Å²) in [6.45, 7) is 0. The van der Waals surface area contributed by atoms with E-state index in [2.05, 4.69) is 5.43 Å². The molecule has 0 bridgehead atoms. The van der Waals surface area contributed by atoms with Crippen LogP contribution in [0.2, 0.25) is 10.0 Å². The number of carbonyl (C=O) groups is 1. The molecule has 18 heavy (non-hydrogen) atoms. The Morgan fingerprint density at radius 3 is 2.44 bits per heavy atom. The van der Waals surface area contributed by atoms with Crippen LogP contribution >= 0.6 is 23.2 Å². The standard InChI is InChI=1S/C10H7Cl2F3N2O/c11-6-2-1-5(3-7(6)12)17-9(18)4-8(16-17)10(13,14)15/h1-3,8,16H,4H2. The maximum Gasteiger partial charge on any atom is 0.406 e.